The van der Waals surface area contributed by atoms with Crippen molar-refractivity contribution >= 4 is 0 Å². The molecule has 0 saturated carbocycles. The van der Waals surface area contributed by atoms with Gasteiger partial charge in [-0.3, -0.25) is 0 Å². The van der Waals surface area contributed by atoms with Crippen LogP contribution < -0.4 is 0 Å². The number of epoxide rings is 1. The topological polar surface area (TPSA) is 40.2 Å². The number of hydrogen-bond acceptors (Lipinski definition) is 4. The van der Waals surface area contributed by atoms with Crippen molar-refractivity contribution < 1.29 is 18.9 Å². The van der Waals surface area contributed by atoms with Crippen LogP contribution in [0.3, 0.4) is 0 Å². The van der Waals surface area contributed by atoms with Crippen molar-refractivity contribution in [2.24, 2.45) is 5.92 Å². The lowest BCUT2D eigenvalue weighted by Gasteiger charge is -2.29. The Morgan fingerprint density at radius 3 is 2.33 bits per heavy atom. The highest BCUT2D eigenvalue weighted by Gasteiger charge is 2.26. The smallest absolute Gasteiger partial charge is 0.183 e. The van der Waals surface area contributed by atoms with Gasteiger partial charge in [0.05, 0.1) is 33.0 Å². The molecule has 0 aliphatic carbocycles. The maximum Gasteiger partial charge on any atom is 0.183 e. The number of benzene rings is 1. The van der Waals surface area contributed by atoms with Crippen LogP contribution in [0.5, 0.6) is 0 Å². The van der Waals surface area contributed by atoms with Gasteiger partial charge in [-0.05, 0) is 0 Å². The van der Waals surface area contributed by atoms with Gasteiger partial charge in [0.1, 0.15) is 6.10 Å². The van der Waals surface area contributed by atoms with E-state index in [9.17, 15) is 0 Å². The first-order valence-corrected chi connectivity index (χ1v) is 6.39. The summed E-state index contributed by atoms with van der Waals surface area (Å²) < 4.78 is 22.1. The molecule has 1 aromatic carbocycles. The molecule has 1 aromatic rings. The molecular formula is C14H18O4. The van der Waals surface area contributed by atoms with E-state index in [1.807, 2.05) is 30.3 Å². The standard InChI is InChI=1S/C14H18O4/c1-2-4-12(5-3-1)14-17-7-11(8-18-14)6-15-9-13-10-16-13/h1-5,11,13-14H,6-10H2. The molecule has 0 N–H and O–H groups in total. The maximum atomic E-state index is 5.72. The summed E-state index contributed by atoms with van der Waals surface area (Å²) in [5.74, 6) is 0.323. The summed E-state index contributed by atoms with van der Waals surface area (Å²) in [6.07, 6.45) is 0.0988. The van der Waals surface area contributed by atoms with Crippen LogP contribution >= 0.6 is 0 Å². The van der Waals surface area contributed by atoms with E-state index in [1.54, 1.807) is 0 Å². The third-order valence-corrected chi connectivity index (χ3v) is 3.10. The molecule has 3 rings (SSSR count). The van der Waals surface area contributed by atoms with Crippen LogP contribution in [0.4, 0.5) is 0 Å². The Hall–Kier alpha value is -0.940. The fourth-order valence-corrected chi connectivity index (χ4v) is 1.97. The quantitative estimate of drug-likeness (QED) is 0.747. The molecule has 1 atom stereocenters. The molecule has 4 heteroatoms. The zero-order valence-electron chi connectivity index (χ0n) is 10.3. The van der Waals surface area contributed by atoms with Gasteiger partial charge in [0.15, 0.2) is 6.29 Å². The SMILES string of the molecule is c1ccc(C2OCC(COCC3CO3)CO2)cc1. The average Bonchev–Trinajstić information content (AvgIpc) is 3.25. The third kappa shape index (κ3) is 3.29. The van der Waals surface area contributed by atoms with Gasteiger partial charge in [0, 0.05) is 11.5 Å². The van der Waals surface area contributed by atoms with E-state index in [0.717, 1.165) is 12.2 Å². The Morgan fingerprint density at radius 2 is 1.67 bits per heavy atom. The van der Waals surface area contributed by atoms with E-state index < -0.39 is 0 Å². The molecule has 0 amide bonds. The van der Waals surface area contributed by atoms with E-state index in [0.29, 0.717) is 38.4 Å². The largest absolute Gasteiger partial charge is 0.378 e. The Bertz CT molecular complexity index is 355. The summed E-state index contributed by atoms with van der Waals surface area (Å²) in [5.41, 5.74) is 1.07. The molecule has 2 aliphatic rings. The van der Waals surface area contributed by atoms with Gasteiger partial charge in [-0.1, -0.05) is 30.3 Å². The molecule has 0 aromatic heterocycles. The zero-order chi connectivity index (χ0) is 12.2. The van der Waals surface area contributed by atoms with Gasteiger partial charge in [-0.15, -0.1) is 0 Å². The second-order valence-corrected chi connectivity index (χ2v) is 4.77. The van der Waals surface area contributed by atoms with E-state index in [1.165, 1.54) is 0 Å². The molecule has 0 radical (unpaired) electrons. The molecule has 0 bridgehead atoms. The number of hydrogen-bond donors (Lipinski definition) is 0. The Balaban J connectivity index is 1.40. The lowest BCUT2D eigenvalue weighted by Crippen LogP contribution is -2.30. The van der Waals surface area contributed by atoms with Crippen molar-refractivity contribution in [3.05, 3.63) is 35.9 Å². The van der Waals surface area contributed by atoms with E-state index in [4.69, 9.17) is 18.9 Å². The van der Waals surface area contributed by atoms with Crippen LogP contribution in [-0.4, -0.2) is 39.1 Å². The van der Waals surface area contributed by atoms with Crippen LogP contribution in [0.2, 0.25) is 0 Å². The van der Waals surface area contributed by atoms with E-state index in [2.05, 4.69) is 0 Å². The highest BCUT2D eigenvalue weighted by Crippen LogP contribution is 2.25. The number of rotatable bonds is 5. The molecule has 0 spiro atoms. The normalized spacial score (nSPS) is 31.2. The first-order chi connectivity index (χ1) is 8.92. The predicted octanol–water partition coefficient (Wildman–Crippen LogP) is 1.76. The minimum absolute atomic E-state index is 0.228. The zero-order valence-corrected chi connectivity index (χ0v) is 10.3. The van der Waals surface area contributed by atoms with Crippen LogP contribution in [0, 0.1) is 5.92 Å². The van der Waals surface area contributed by atoms with Crippen LogP contribution in [-0.2, 0) is 18.9 Å². The number of ether oxygens (including phenoxy) is 4. The molecule has 1 unspecified atom stereocenters. The van der Waals surface area contributed by atoms with Gasteiger partial charge in [-0.25, -0.2) is 0 Å². The van der Waals surface area contributed by atoms with Crippen molar-refractivity contribution in [3.8, 4) is 0 Å². The summed E-state index contributed by atoms with van der Waals surface area (Å²) in [5, 5.41) is 0. The Morgan fingerprint density at radius 1 is 0.944 bits per heavy atom. The fraction of sp³-hybridized carbons (Fsp3) is 0.571. The molecule has 2 aliphatic heterocycles. The summed E-state index contributed by atoms with van der Waals surface area (Å²) in [7, 11) is 0. The van der Waals surface area contributed by atoms with Gasteiger partial charge < -0.3 is 18.9 Å². The molecule has 2 fully saturated rings. The van der Waals surface area contributed by atoms with Gasteiger partial charge in [-0.2, -0.15) is 0 Å². The third-order valence-electron chi connectivity index (χ3n) is 3.10. The van der Waals surface area contributed by atoms with Crippen LogP contribution in [0.1, 0.15) is 11.9 Å². The van der Waals surface area contributed by atoms with Crippen molar-refractivity contribution in [1.29, 1.82) is 0 Å². The minimum atomic E-state index is -0.228. The molecule has 18 heavy (non-hydrogen) atoms. The highest BCUT2D eigenvalue weighted by molar-refractivity contribution is 5.16. The van der Waals surface area contributed by atoms with Crippen molar-refractivity contribution in [2.75, 3.05) is 33.0 Å². The molecule has 2 saturated heterocycles. The van der Waals surface area contributed by atoms with Crippen LogP contribution in [0.25, 0.3) is 0 Å². The van der Waals surface area contributed by atoms with Gasteiger partial charge in [0.25, 0.3) is 0 Å². The average molecular weight is 250 g/mol. The fourth-order valence-electron chi connectivity index (χ4n) is 1.97. The van der Waals surface area contributed by atoms with E-state index >= 15 is 0 Å². The van der Waals surface area contributed by atoms with Gasteiger partial charge >= 0.3 is 0 Å². The highest BCUT2D eigenvalue weighted by atomic mass is 16.7. The van der Waals surface area contributed by atoms with Crippen molar-refractivity contribution in [1.82, 2.24) is 0 Å². The van der Waals surface area contributed by atoms with Gasteiger partial charge in [0.2, 0.25) is 0 Å². The monoisotopic (exact) mass is 250 g/mol. The second kappa shape index (κ2) is 5.80. The molecule has 98 valence electrons. The first kappa shape index (κ1) is 12.1. The summed E-state index contributed by atoms with van der Waals surface area (Å²) in [4.78, 5) is 0. The minimum Gasteiger partial charge on any atom is -0.378 e. The first-order valence-electron chi connectivity index (χ1n) is 6.39. The Kier molecular flexibility index (Phi) is 3.90. The maximum absolute atomic E-state index is 5.72. The molecular weight excluding hydrogens is 232 g/mol. The van der Waals surface area contributed by atoms with Crippen LogP contribution in [0.15, 0.2) is 30.3 Å². The molecule has 4 nitrogen and oxygen atoms in total. The second-order valence-electron chi connectivity index (χ2n) is 4.77. The van der Waals surface area contributed by atoms with Crippen molar-refractivity contribution in [2.45, 2.75) is 12.4 Å². The predicted molar refractivity (Wildman–Crippen MR) is 65.1 cm³/mol. The van der Waals surface area contributed by atoms with Crippen molar-refractivity contribution in [3.63, 3.8) is 0 Å². The summed E-state index contributed by atoms with van der Waals surface area (Å²) in [6.45, 7) is 3.59. The van der Waals surface area contributed by atoms with E-state index in [-0.39, 0.29) is 6.29 Å². The lowest BCUT2D eigenvalue weighted by molar-refractivity contribution is -0.212. The lowest BCUT2D eigenvalue weighted by atomic mass is 10.1. The summed E-state index contributed by atoms with van der Waals surface area (Å²) in [6, 6.07) is 10.0. The summed E-state index contributed by atoms with van der Waals surface area (Å²) >= 11 is 0. The molecule has 2 heterocycles. The Labute approximate surface area is 107 Å².